The van der Waals surface area contributed by atoms with Crippen molar-refractivity contribution in [1.29, 1.82) is 0 Å². The van der Waals surface area contributed by atoms with Gasteiger partial charge >= 0.3 is 0 Å². The molecule has 2 aromatic carbocycles. The van der Waals surface area contributed by atoms with Gasteiger partial charge < -0.3 is 5.32 Å². The summed E-state index contributed by atoms with van der Waals surface area (Å²) in [5.74, 6) is 0.451. The van der Waals surface area contributed by atoms with Crippen LogP contribution in [0.1, 0.15) is 23.7 Å². The molecule has 0 aliphatic heterocycles. The summed E-state index contributed by atoms with van der Waals surface area (Å²) in [5.41, 5.74) is 5.01. The zero-order chi connectivity index (χ0) is 19.1. The molecule has 0 aliphatic rings. The maximum atomic E-state index is 14.7. The maximum Gasteiger partial charge on any atom is 0.196 e. The van der Waals surface area contributed by atoms with E-state index in [9.17, 15) is 4.39 Å². The minimum absolute atomic E-state index is 0.289. The molecule has 2 heterocycles. The molecular weight excluding hydrogens is 381 g/mol. The van der Waals surface area contributed by atoms with Crippen LogP contribution in [0, 0.1) is 19.7 Å². The van der Waals surface area contributed by atoms with Gasteiger partial charge in [0.25, 0.3) is 0 Å². The molecule has 0 radical (unpaired) electrons. The molecule has 27 heavy (non-hydrogen) atoms. The molecule has 3 nitrogen and oxygen atoms in total. The number of aromatic nitrogens is 2. The van der Waals surface area contributed by atoms with Gasteiger partial charge in [-0.15, -0.1) is 11.3 Å². The lowest BCUT2D eigenvalue weighted by Gasteiger charge is -2.14. The fourth-order valence-corrected chi connectivity index (χ4v) is 4.43. The lowest BCUT2D eigenvalue weighted by Crippen LogP contribution is -2.01. The molecule has 0 saturated heterocycles. The van der Waals surface area contributed by atoms with Crippen molar-refractivity contribution in [3.05, 3.63) is 69.4 Å². The van der Waals surface area contributed by atoms with Crippen LogP contribution in [0.2, 0.25) is 5.02 Å². The van der Waals surface area contributed by atoms with E-state index >= 15 is 0 Å². The summed E-state index contributed by atoms with van der Waals surface area (Å²) in [4.78, 5) is 5.57. The summed E-state index contributed by atoms with van der Waals surface area (Å²) in [6.45, 7) is 6.04. The SMILES string of the molecule is CCc1csc2nc(-c3cc(C)ccc3F)c(Nc3c(C)cccc3Cl)n12. The minimum Gasteiger partial charge on any atom is -0.338 e. The van der Waals surface area contributed by atoms with Gasteiger partial charge in [-0.3, -0.25) is 4.40 Å². The monoisotopic (exact) mass is 399 g/mol. The Balaban J connectivity index is 1.99. The van der Waals surface area contributed by atoms with Crippen molar-refractivity contribution in [2.75, 3.05) is 5.32 Å². The van der Waals surface area contributed by atoms with Crippen LogP contribution in [-0.2, 0) is 6.42 Å². The maximum absolute atomic E-state index is 14.7. The number of halogens is 2. The number of fused-ring (bicyclic) bond motifs is 1. The van der Waals surface area contributed by atoms with Gasteiger partial charge in [-0.1, -0.05) is 42.3 Å². The Morgan fingerprint density at radius 1 is 1.22 bits per heavy atom. The molecule has 1 N–H and O–H groups in total. The van der Waals surface area contributed by atoms with E-state index in [1.54, 1.807) is 17.4 Å². The summed E-state index contributed by atoms with van der Waals surface area (Å²) in [5, 5.41) is 6.15. The number of imidazole rings is 1. The second kappa shape index (κ2) is 6.98. The third kappa shape index (κ3) is 3.11. The lowest BCUT2D eigenvalue weighted by atomic mass is 10.1. The zero-order valence-electron chi connectivity index (χ0n) is 15.3. The molecule has 138 valence electrons. The van der Waals surface area contributed by atoms with E-state index < -0.39 is 0 Å². The molecule has 0 atom stereocenters. The van der Waals surface area contributed by atoms with E-state index in [1.807, 2.05) is 38.1 Å². The van der Waals surface area contributed by atoms with Crippen molar-refractivity contribution >= 4 is 39.4 Å². The van der Waals surface area contributed by atoms with Crippen LogP contribution in [0.4, 0.5) is 15.9 Å². The molecule has 0 saturated carbocycles. The number of aryl methyl sites for hydroxylation is 3. The molecule has 6 heteroatoms. The van der Waals surface area contributed by atoms with Crippen molar-refractivity contribution in [1.82, 2.24) is 9.38 Å². The third-order valence-electron chi connectivity index (χ3n) is 4.64. The van der Waals surface area contributed by atoms with Gasteiger partial charge in [-0.05, 0) is 44.0 Å². The van der Waals surface area contributed by atoms with Crippen molar-refractivity contribution in [3.8, 4) is 11.3 Å². The van der Waals surface area contributed by atoms with Crippen molar-refractivity contribution < 1.29 is 4.39 Å². The van der Waals surface area contributed by atoms with E-state index in [4.69, 9.17) is 16.6 Å². The number of nitrogens with one attached hydrogen (secondary N) is 1. The van der Waals surface area contributed by atoms with Crippen LogP contribution in [0.5, 0.6) is 0 Å². The van der Waals surface area contributed by atoms with E-state index in [-0.39, 0.29) is 5.82 Å². The third-order valence-corrected chi connectivity index (χ3v) is 5.83. The smallest absolute Gasteiger partial charge is 0.196 e. The molecule has 4 rings (SSSR count). The Morgan fingerprint density at radius 3 is 2.78 bits per heavy atom. The highest BCUT2D eigenvalue weighted by Gasteiger charge is 2.21. The number of anilines is 2. The van der Waals surface area contributed by atoms with Gasteiger partial charge in [-0.25, -0.2) is 9.37 Å². The Morgan fingerprint density at radius 2 is 2.04 bits per heavy atom. The summed E-state index contributed by atoms with van der Waals surface area (Å²) >= 11 is 7.99. The van der Waals surface area contributed by atoms with Crippen molar-refractivity contribution in [2.24, 2.45) is 0 Å². The second-order valence-electron chi connectivity index (χ2n) is 6.55. The predicted octanol–water partition coefficient (Wildman–Crippen LogP) is 6.78. The summed E-state index contributed by atoms with van der Waals surface area (Å²) in [6.07, 6.45) is 0.849. The van der Waals surface area contributed by atoms with E-state index in [2.05, 4.69) is 22.0 Å². The van der Waals surface area contributed by atoms with Crippen LogP contribution in [0.15, 0.2) is 41.8 Å². The molecule has 0 fully saturated rings. The number of rotatable bonds is 4. The van der Waals surface area contributed by atoms with Crippen molar-refractivity contribution in [2.45, 2.75) is 27.2 Å². The average molecular weight is 400 g/mol. The number of hydrogen-bond donors (Lipinski definition) is 1. The molecule has 0 amide bonds. The number of para-hydroxylation sites is 1. The second-order valence-corrected chi connectivity index (χ2v) is 7.79. The molecular formula is C21H19ClFN3S. The highest BCUT2D eigenvalue weighted by Crippen LogP contribution is 2.38. The van der Waals surface area contributed by atoms with E-state index in [1.165, 1.54) is 6.07 Å². The normalized spacial score (nSPS) is 11.3. The Kier molecular flexibility index (Phi) is 4.66. The Hall–Kier alpha value is -2.37. The van der Waals surface area contributed by atoms with Gasteiger partial charge in [0.2, 0.25) is 0 Å². The summed E-state index contributed by atoms with van der Waals surface area (Å²) in [6, 6.07) is 10.8. The fraction of sp³-hybridized carbons (Fsp3) is 0.190. The van der Waals surface area contributed by atoms with Gasteiger partial charge in [-0.2, -0.15) is 0 Å². The Bertz CT molecular complexity index is 1130. The summed E-state index contributed by atoms with van der Waals surface area (Å²) < 4.78 is 16.7. The number of hydrogen-bond acceptors (Lipinski definition) is 3. The minimum atomic E-state index is -0.289. The lowest BCUT2D eigenvalue weighted by molar-refractivity contribution is 0.630. The summed E-state index contributed by atoms with van der Waals surface area (Å²) in [7, 11) is 0. The van der Waals surface area contributed by atoms with Crippen molar-refractivity contribution in [3.63, 3.8) is 0 Å². The van der Waals surface area contributed by atoms with Crippen LogP contribution >= 0.6 is 22.9 Å². The van der Waals surface area contributed by atoms with Gasteiger partial charge in [0.15, 0.2) is 4.96 Å². The van der Waals surface area contributed by atoms with Crippen LogP contribution in [0.25, 0.3) is 16.2 Å². The van der Waals surface area contributed by atoms with Gasteiger partial charge in [0.05, 0.1) is 10.7 Å². The molecule has 0 aliphatic carbocycles. The van der Waals surface area contributed by atoms with Gasteiger partial charge in [0.1, 0.15) is 17.3 Å². The Labute approximate surface area is 166 Å². The molecule has 0 unspecified atom stereocenters. The van der Waals surface area contributed by atoms with E-state index in [0.29, 0.717) is 16.3 Å². The number of nitrogens with zero attached hydrogens (tertiary/aromatic N) is 2. The van der Waals surface area contributed by atoms with E-state index in [0.717, 1.165) is 39.7 Å². The largest absolute Gasteiger partial charge is 0.338 e. The highest BCUT2D eigenvalue weighted by atomic mass is 35.5. The first-order valence-corrected chi connectivity index (χ1v) is 10.0. The standard InChI is InChI=1S/C21H19ClFN3S/c1-4-14-11-27-21-25-19(15-10-12(2)8-9-17(15)23)20(26(14)21)24-18-13(3)6-5-7-16(18)22/h5-11,24H,4H2,1-3H3. The highest BCUT2D eigenvalue weighted by molar-refractivity contribution is 7.15. The quantitative estimate of drug-likeness (QED) is 0.410. The molecule has 4 aromatic rings. The number of benzene rings is 2. The fourth-order valence-electron chi connectivity index (χ4n) is 3.19. The average Bonchev–Trinajstić information content (AvgIpc) is 3.20. The van der Waals surface area contributed by atoms with Crippen LogP contribution in [0.3, 0.4) is 0 Å². The zero-order valence-corrected chi connectivity index (χ0v) is 16.9. The first kappa shape index (κ1) is 18.0. The topological polar surface area (TPSA) is 29.3 Å². The molecule has 0 bridgehead atoms. The first-order valence-electron chi connectivity index (χ1n) is 8.77. The number of thiazole rings is 1. The predicted molar refractivity (Wildman–Crippen MR) is 112 cm³/mol. The van der Waals surface area contributed by atoms with Crippen LogP contribution in [-0.4, -0.2) is 9.38 Å². The first-order chi connectivity index (χ1) is 13.0. The molecule has 0 spiro atoms. The van der Waals surface area contributed by atoms with Crippen LogP contribution < -0.4 is 5.32 Å². The molecule has 2 aromatic heterocycles. The van der Waals surface area contributed by atoms with Gasteiger partial charge in [0, 0.05) is 16.6 Å².